The van der Waals surface area contributed by atoms with Gasteiger partial charge in [0.15, 0.2) is 0 Å². The van der Waals surface area contributed by atoms with Crippen molar-refractivity contribution in [2.45, 2.75) is 32.7 Å². The quantitative estimate of drug-likeness (QED) is 0.705. The maximum absolute atomic E-state index is 6.14. The van der Waals surface area contributed by atoms with Crippen molar-refractivity contribution in [3.05, 3.63) is 41.1 Å². The maximum atomic E-state index is 6.14. The fourth-order valence-corrected chi connectivity index (χ4v) is 2.42. The normalized spacial score (nSPS) is 10.8. The summed E-state index contributed by atoms with van der Waals surface area (Å²) >= 11 is 6.14. The zero-order chi connectivity index (χ0) is 15.1. The van der Waals surface area contributed by atoms with Crippen LogP contribution in [0.5, 0.6) is 5.75 Å². The van der Waals surface area contributed by atoms with Gasteiger partial charge < -0.3 is 14.5 Å². The van der Waals surface area contributed by atoms with E-state index in [1.54, 1.807) is 7.11 Å². The molecule has 0 unspecified atom stereocenters. The Labute approximate surface area is 131 Å². The Bertz CT molecular complexity index is 566. The molecule has 0 aliphatic rings. The molecule has 0 radical (unpaired) electrons. The molecule has 21 heavy (non-hydrogen) atoms. The summed E-state index contributed by atoms with van der Waals surface area (Å²) in [4.78, 5) is 0. The van der Waals surface area contributed by atoms with Gasteiger partial charge in [0.05, 0.1) is 18.7 Å². The van der Waals surface area contributed by atoms with E-state index in [0.717, 1.165) is 30.2 Å². The molecule has 2 rings (SSSR count). The lowest BCUT2D eigenvalue weighted by atomic mass is 10.2. The Morgan fingerprint density at radius 1 is 1.19 bits per heavy atom. The fourth-order valence-electron chi connectivity index (χ4n) is 2.16. The van der Waals surface area contributed by atoms with E-state index in [9.17, 15) is 0 Å². The second-order valence-electron chi connectivity index (χ2n) is 5.00. The van der Waals surface area contributed by atoms with Gasteiger partial charge in [-0.2, -0.15) is 0 Å². The number of furan rings is 1. The molecule has 0 amide bonds. The Kier molecular flexibility index (Phi) is 6.15. The van der Waals surface area contributed by atoms with Gasteiger partial charge in [-0.1, -0.05) is 31.4 Å². The van der Waals surface area contributed by atoms with Crippen molar-refractivity contribution in [3.8, 4) is 17.1 Å². The summed E-state index contributed by atoms with van der Waals surface area (Å²) in [5.74, 6) is 2.43. The van der Waals surface area contributed by atoms with E-state index in [1.165, 1.54) is 19.3 Å². The van der Waals surface area contributed by atoms with Gasteiger partial charge >= 0.3 is 0 Å². The topological polar surface area (TPSA) is 34.4 Å². The first-order chi connectivity index (χ1) is 10.2. The van der Waals surface area contributed by atoms with Gasteiger partial charge in [-0.3, -0.25) is 0 Å². The molecule has 0 aliphatic heterocycles. The Hall–Kier alpha value is -1.45. The lowest BCUT2D eigenvalue weighted by Gasteiger charge is -2.04. The minimum absolute atomic E-state index is 0.589. The van der Waals surface area contributed by atoms with Crippen LogP contribution < -0.4 is 10.1 Å². The molecule has 0 spiro atoms. The monoisotopic (exact) mass is 307 g/mol. The summed E-state index contributed by atoms with van der Waals surface area (Å²) in [6.07, 6.45) is 3.71. The van der Waals surface area contributed by atoms with Crippen LogP contribution in [0, 0.1) is 0 Å². The average molecular weight is 308 g/mol. The molecule has 2 aromatic rings. The molecule has 0 saturated carbocycles. The molecular weight excluding hydrogens is 286 g/mol. The molecule has 1 heterocycles. The highest BCUT2D eigenvalue weighted by Crippen LogP contribution is 2.31. The van der Waals surface area contributed by atoms with E-state index in [0.29, 0.717) is 10.8 Å². The molecule has 0 fully saturated rings. The highest BCUT2D eigenvalue weighted by atomic mass is 35.5. The third-order valence-corrected chi connectivity index (χ3v) is 3.65. The van der Waals surface area contributed by atoms with Crippen LogP contribution >= 0.6 is 11.6 Å². The molecule has 0 atom stereocenters. The first-order valence-electron chi connectivity index (χ1n) is 7.38. The number of ether oxygens (including phenoxy) is 1. The average Bonchev–Trinajstić information content (AvgIpc) is 2.96. The van der Waals surface area contributed by atoms with Gasteiger partial charge in [0, 0.05) is 5.56 Å². The van der Waals surface area contributed by atoms with Gasteiger partial charge in [0.1, 0.15) is 17.3 Å². The Morgan fingerprint density at radius 3 is 2.76 bits per heavy atom. The third-order valence-electron chi connectivity index (χ3n) is 3.35. The largest absolute Gasteiger partial charge is 0.495 e. The van der Waals surface area contributed by atoms with E-state index >= 15 is 0 Å². The van der Waals surface area contributed by atoms with Gasteiger partial charge in [0.2, 0.25) is 0 Å². The number of unbranched alkanes of at least 4 members (excludes halogenated alkanes) is 2. The molecule has 0 aliphatic carbocycles. The SMILES string of the molecule is CCCCCNCc1ccc(-c2ccc(OC)c(Cl)c2)o1. The fraction of sp³-hybridized carbons (Fsp3) is 0.412. The predicted molar refractivity (Wildman–Crippen MR) is 86.9 cm³/mol. The molecule has 3 nitrogen and oxygen atoms in total. The van der Waals surface area contributed by atoms with Crippen LogP contribution in [0.3, 0.4) is 0 Å². The summed E-state index contributed by atoms with van der Waals surface area (Å²) in [5, 5.41) is 3.98. The second kappa shape index (κ2) is 8.11. The van der Waals surface area contributed by atoms with Crippen molar-refractivity contribution >= 4 is 11.6 Å². The highest BCUT2D eigenvalue weighted by Gasteiger charge is 2.08. The van der Waals surface area contributed by atoms with Crippen LogP contribution in [-0.2, 0) is 6.54 Å². The first-order valence-corrected chi connectivity index (χ1v) is 7.75. The van der Waals surface area contributed by atoms with Crippen molar-refractivity contribution < 1.29 is 9.15 Å². The van der Waals surface area contributed by atoms with Crippen LogP contribution in [0.4, 0.5) is 0 Å². The Morgan fingerprint density at radius 2 is 2.05 bits per heavy atom. The van der Waals surface area contributed by atoms with Crippen molar-refractivity contribution in [2.75, 3.05) is 13.7 Å². The summed E-state index contributed by atoms with van der Waals surface area (Å²) in [6.45, 7) is 3.99. The summed E-state index contributed by atoms with van der Waals surface area (Å²) in [6, 6.07) is 9.63. The highest BCUT2D eigenvalue weighted by molar-refractivity contribution is 6.32. The smallest absolute Gasteiger partial charge is 0.137 e. The second-order valence-corrected chi connectivity index (χ2v) is 5.41. The van der Waals surface area contributed by atoms with Crippen molar-refractivity contribution in [1.82, 2.24) is 5.32 Å². The lowest BCUT2D eigenvalue weighted by molar-refractivity contribution is 0.415. The van der Waals surface area contributed by atoms with E-state index in [2.05, 4.69) is 12.2 Å². The third kappa shape index (κ3) is 4.51. The van der Waals surface area contributed by atoms with Crippen molar-refractivity contribution in [1.29, 1.82) is 0 Å². The molecule has 0 bridgehead atoms. The minimum Gasteiger partial charge on any atom is -0.495 e. The maximum Gasteiger partial charge on any atom is 0.137 e. The molecule has 0 saturated heterocycles. The number of halogens is 1. The zero-order valence-electron chi connectivity index (χ0n) is 12.6. The number of hydrogen-bond acceptors (Lipinski definition) is 3. The number of rotatable bonds is 8. The van der Waals surface area contributed by atoms with Gasteiger partial charge in [-0.15, -0.1) is 0 Å². The van der Waals surface area contributed by atoms with Crippen molar-refractivity contribution in [2.24, 2.45) is 0 Å². The summed E-state index contributed by atoms with van der Waals surface area (Å²) in [7, 11) is 1.61. The number of methoxy groups -OCH3 is 1. The van der Waals surface area contributed by atoms with Gasteiger partial charge in [0.25, 0.3) is 0 Å². The standard InChI is InChI=1S/C17H22ClNO2/c1-3-4-5-10-19-12-14-7-9-16(21-14)13-6-8-17(20-2)15(18)11-13/h6-9,11,19H,3-5,10,12H2,1-2H3. The van der Waals surface area contributed by atoms with Gasteiger partial charge in [-0.05, 0) is 43.3 Å². The van der Waals surface area contributed by atoms with Crippen LogP contribution in [-0.4, -0.2) is 13.7 Å². The molecular formula is C17H22ClNO2. The van der Waals surface area contributed by atoms with Gasteiger partial charge in [-0.25, -0.2) is 0 Å². The minimum atomic E-state index is 0.589. The first kappa shape index (κ1) is 15.9. The molecule has 1 aromatic heterocycles. The van der Waals surface area contributed by atoms with Crippen molar-refractivity contribution in [3.63, 3.8) is 0 Å². The lowest BCUT2D eigenvalue weighted by Crippen LogP contribution is -2.13. The van der Waals surface area contributed by atoms with E-state index in [1.807, 2.05) is 30.3 Å². The van der Waals surface area contributed by atoms with E-state index < -0.39 is 0 Å². The van der Waals surface area contributed by atoms with Crippen LogP contribution in [0.15, 0.2) is 34.7 Å². The summed E-state index contributed by atoms with van der Waals surface area (Å²) < 4.78 is 11.0. The van der Waals surface area contributed by atoms with Crippen LogP contribution in [0.1, 0.15) is 31.9 Å². The molecule has 1 N–H and O–H groups in total. The van der Waals surface area contributed by atoms with E-state index in [4.69, 9.17) is 20.8 Å². The summed E-state index contributed by atoms with van der Waals surface area (Å²) in [5.41, 5.74) is 0.957. The Balaban J connectivity index is 1.94. The number of nitrogens with one attached hydrogen (secondary N) is 1. The molecule has 1 aromatic carbocycles. The predicted octanol–water partition coefficient (Wildman–Crippen LogP) is 4.89. The van der Waals surface area contributed by atoms with E-state index in [-0.39, 0.29) is 0 Å². The molecule has 4 heteroatoms. The molecule has 114 valence electrons. The van der Waals surface area contributed by atoms with Crippen LogP contribution in [0.2, 0.25) is 5.02 Å². The number of hydrogen-bond donors (Lipinski definition) is 1. The number of benzene rings is 1. The van der Waals surface area contributed by atoms with Crippen LogP contribution in [0.25, 0.3) is 11.3 Å². The zero-order valence-corrected chi connectivity index (χ0v) is 13.4.